The number of fused-ring (bicyclic) bond motifs is 3. The van der Waals surface area contributed by atoms with Crippen LogP contribution in [-0.4, -0.2) is 43.1 Å². The Labute approximate surface area is 279 Å². The summed E-state index contributed by atoms with van der Waals surface area (Å²) >= 11 is 6.20. The number of aromatic hydroxyl groups is 1. The van der Waals surface area contributed by atoms with Crippen molar-refractivity contribution < 1.29 is 38.6 Å². The van der Waals surface area contributed by atoms with Gasteiger partial charge >= 0.3 is 13.8 Å². The quantitative estimate of drug-likeness (QED) is 0.136. The van der Waals surface area contributed by atoms with Gasteiger partial charge in [0, 0.05) is 28.2 Å². The van der Waals surface area contributed by atoms with E-state index in [4.69, 9.17) is 20.9 Å². The first-order valence-electron chi connectivity index (χ1n) is 16.3. The van der Waals surface area contributed by atoms with Crippen molar-refractivity contribution in [2.24, 2.45) is 11.8 Å². The second-order valence-electron chi connectivity index (χ2n) is 13.8. The second kappa shape index (κ2) is 13.0. The van der Waals surface area contributed by atoms with Crippen molar-refractivity contribution in [1.82, 2.24) is 4.98 Å². The molecule has 10 nitrogen and oxygen atoms in total. The molecule has 0 amide bonds. The summed E-state index contributed by atoms with van der Waals surface area (Å²) < 4.78 is 22.9. The number of phenols is 1. The molecule has 0 aliphatic heterocycles. The highest BCUT2D eigenvalue weighted by atomic mass is 35.5. The minimum atomic E-state index is -4.90. The summed E-state index contributed by atoms with van der Waals surface area (Å²) in [5.74, 6) is -0.0649. The summed E-state index contributed by atoms with van der Waals surface area (Å²) in [6.45, 7) is 4.87. The Hall–Kier alpha value is -3.30. The van der Waals surface area contributed by atoms with Crippen molar-refractivity contribution in [3.05, 3.63) is 76.1 Å². The minimum absolute atomic E-state index is 0.0732. The Morgan fingerprint density at radius 1 is 1.15 bits per heavy atom. The number of phosphoric ester groups is 1. The van der Waals surface area contributed by atoms with Crippen LogP contribution in [0, 0.1) is 11.8 Å². The van der Waals surface area contributed by atoms with Gasteiger partial charge in [-0.25, -0.2) is 9.36 Å². The molecule has 12 heteroatoms. The number of halogens is 1. The summed E-state index contributed by atoms with van der Waals surface area (Å²) in [4.78, 5) is 36.3. The van der Waals surface area contributed by atoms with Crippen molar-refractivity contribution in [3.8, 4) is 17.2 Å². The average Bonchev–Trinajstić information content (AvgIpc) is 3.27. The fourth-order valence-corrected chi connectivity index (χ4v) is 8.92. The number of rotatable bonds is 10. The fourth-order valence-electron chi connectivity index (χ4n) is 8.32. The van der Waals surface area contributed by atoms with Gasteiger partial charge in [0.15, 0.2) is 11.5 Å². The number of aryl methyl sites for hydroxylation is 1. The molecule has 3 atom stereocenters. The van der Waals surface area contributed by atoms with E-state index in [0.717, 1.165) is 48.3 Å². The van der Waals surface area contributed by atoms with Crippen molar-refractivity contribution in [2.45, 2.75) is 88.5 Å². The van der Waals surface area contributed by atoms with Gasteiger partial charge in [-0.15, -0.1) is 0 Å². The third-order valence-electron chi connectivity index (χ3n) is 10.6. The number of benzene rings is 2. The number of phenolic OH excluding ortho intramolecular Hbond substituents is 1. The molecule has 1 heterocycles. The van der Waals surface area contributed by atoms with Crippen LogP contribution in [0.2, 0.25) is 5.02 Å². The SMILES string of the molecule is C[C@@H](COc1ccnc2c1[C@H](C)CCC2)C[C@H]1Cc2cc(OP(=O)(O)O)c(O)cc2C12CCC(Nc1cccc(Cl)c1)(C(=O)O)CC2. The number of aromatic nitrogens is 1. The highest BCUT2D eigenvalue weighted by Gasteiger charge is 2.54. The Bertz CT molecular complexity index is 1700. The Morgan fingerprint density at radius 3 is 2.62 bits per heavy atom. The molecule has 1 fully saturated rings. The number of hydrogen-bond acceptors (Lipinski definition) is 7. The Morgan fingerprint density at radius 2 is 1.91 bits per heavy atom. The molecule has 0 unspecified atom stereocenters. The molecule has 3 aliphatic carbocycles. The number of hydrogen-bond donors (Lipinski definition) is 5. The maximum absolute atomic E-state index is 12.8. The number of nitrogens with zero attached hydrogens (tertiary/aromatic N) is 1. The molecule has 5 N–H and O–H groups in total. The molecular weight excluding hydrogens is 643 g/mol. The summed E-state index contributed by atoms with van der Waals surface area (Å²) in [5.41, 5.74) is 3.00. The molecule has 1 spiro atoms. The monoisotopic (exact) mass is 684 g/mol. The van der Waals surface area contributed by atoms with Crippen molar-refractivity contribution in [1.29, 1.82) is 0 Å². The van der Waals surface area contributed by atoms with Gasteiger partial charge in [-0.1, -0.05) is 31.5 Å². The lowest BCUT2D eigenvalue weighted by molar-refractivity contribution is -0.144. The normalized spacial score (nSPS) is 25.9. The predicted molar refractivity (Wildman–Crippen MR) is 178 cm³/mol. The summed E-state index contributed by atoms with van der Waals surface area (Å²) in [7, 11) is -4.90. The van der Waals surface area contributed by atoms with Crippen LogP contribution < -0.4 is 14.6 Å². The number of phosphoric acid groups is 1. The molecule has 1 saturated carbocycles. The van der Waals surface area contributed by atoms with Gasteiger partial charge < -0.3 is 24.8 Å². The summed E-state index contributed by atoms with van der Waals surface area (Å²) in [6.07, 6.45) is 8.11. The van der Waals surface area contributed by atoms with Crippen LogP contribution >= 0.6 is 19.4 Å². The van der Waals surface area contributed by atoms with Crippen LogP contribution in [0.5, 0.6) is 17.2 Å². The zero-order chi connectivity index (χ0) is 33.6. The van der Waals surface area contributed by atoms with Crippen LogP contribution in [0.15, 0.2) is 48.7 Å². The first-order chi connectivity index (χ1) is 22.3. The molecule has 0 saturated heterocycles. The van der Waals surface area contributed by atoms with Crippen molar-refractivity contribution >= 4 is 31.1 Å². The maximum atomic E-state index is 12.8. The standard InChI is InChI=1S/C35H42ClN2O8P/c1-21(20-45-30-9-14-37-28-8-3-5-22(2)32(28)30)15-24-16-23-17-31(46-47(42,43)44)29(39)19-27(23)34(24)10-12-35(13-11-34,33(40)41)38-26-7-4-6-25(36)18-26/h4,6-7,9,14,17-19,21-22,24,38-39H,3,5,8,10-13,15-16,20H2,1-2H3,(H,40,41)(H2,42,43,44)/t21-,22-,24+,34?,35?/m1/s1. The number of carbonyl (C=O) groups is 1. The largest absolute Gasteiger partial charge is 0.524 e. The number of carboxylic acid groups (broad SMARTS) is 1. The van der Waals surface area contributed by atoms with Gasteiger partial charge in [0.2, 0.25) is 0 Å². The molecule has 3 aliphatic rings. The van der Waals surface area contributed by atoms with E-state index in [0.29, 0.717) is 55.3 Å². The topological polar surface area (TPSA) is 158 Å². The summed E-state index contributed by atoms with van der Waals surface area (Å²) in [5, 5.41) is 25.1. The average molecular weight is 685 g/mol. The van der Waals surface area contributed by atoms with Gasteiger partial charge in [0.25, 0.3) is 0 Å². The molecule has 47 heavy (non-hydrogen) atoms. The zero-order valence-corrected chi connectivity index (χ0v) is 28.3. The minimum Gasteiger partial charge on any atom is -0.504 e. The van der Waals surface area contributed by atoms with E-state index >= 15 is 0 Å². The van der Waals surface area contributed by atoms with E-state index in [1.807, 2.05) is 12.3 Å². The number of pyridine rings is 1. The van der Waals surface area contributed by atoms with E-state index in [1.165, 1.54) is 11.6 Å². The molecule has 252 valence electrons. The molecule has 6 rings (SSSR count). The first kappa shape index (κ1) is 33.6. The second-order valence-corrected chi connectivity index (χ2v) is 15.4. The molecule has 0 radical (unpaired) electrons. The van der Waals surface area contributed by atoms with Crippen molar-refractivity contribution in [2.75, 3.05) is 11.9 Å². The fraction of sp³-hybridized carbons (Fsp3) is 0.486. The summed E-state index contributed by atoms with van der Waals surface area (Å²) in [6, 6.07) is 12.1. The molecule has 1 aromatic heterocycles. The van der Waals surface area contributed by atoms with Gasteiger partial charge in [-0.2, -0.15) is 0 Å². The predicted octanol–water partition coefficient (Wildman–Crippen LogP) is 7.38. The van der Waals surface area contributed by atoms with Gasteiger partial charge in [-0.05, 0) is 128 Å². The van der Waals surface area contributed by atoms with Gasteiger partial charge in [0.05, 0.1) is 6.61 Å². The lowest BCUT2D eigenvalue weighted by Crippen LogP contribution is -2.53. The molecule has 0 bridgehead atoms. The first-order valence-corrected chi connectivity index (χ1v) is 18.2. The smallest absolute Gasteiger partial charge is 0.504 e. The lowest BCUT2D eigenvalue weighted by Gasteiger charge is -2.47. The highest BCUT2D eigenvalue weighted by molar-refractivity contribution is 7.46. The van der Waals surface area contributed by atoms with Crippen LogP contribution in [0.25, 0.3) is 0 Å². The number of aliphatic carboxylic acids is 1. The van der Waals surface area contributed by atoms with Crippen LogP contribution in [-0.2, 0) is 27.6 Å². The molecular formula is C35H42ClN2O8P. The third kappa shape index (κ3) is 6.84. The van der Waals surface area contributed by atoms with Gasteiger partial charge in [-0.3, -0.25) is 14.8 Å². The maximum Gasteiger partial charge on any atom is 0.524 e. The van der Waals surface area contributed by atoms with E-state index in [-0.39, 0.29) is 23.3 Å². The van der Waals surface area contributed by atoms with Crippen molar-refractivity contribution in [3.63, 3.8) is 0 Å². The van der Waals surface area contributed by atoms with E-state index in [1.54, 1.807) is 30.3 Å². The van der Waals surface area contributed by atoms with Crippen LogP contribution in [0.1, 0.15) is 87.1 Å². The Kier molecular flexibility index (Phi) is 9.26. The number of carboxylic acids is 1. The van der Waals surface area contributed by atoms with Crippen LogP contribution in [0.3, 0.4) is 0 Å². The number of anilines is 1. The van der Waals surface area contributed by atoms with E-state index in [9.17, 15) is 29.4 Å². The van der Waals surface area contributed by atoms with Gasteiger partial charge in [0.1, 0.15) is 11.3 Å². The van der Waals surface area contributed by atoms with E-state index in [2.05, 4.69) is 24.1 Å². The number of ether oxygens (including phenoxy) is 1. The molecule has 3 aromatic rings. The highest BCUT2D eigenvalue weighted by Crippen LogP contribution is 2.58. The zero-order valence-electron chi connectivity index (χ0n) is 26.6. The number of nitrogens with one attached hydrogen (secondary N) is 1. The molecule has 2 aromatic carbocycles. The van der Waals surface area contributed by atoms with Crippen LogP contribution in [0.4, 0.5) is 5.69 Å². The van der Waals surface area contributed by atoms with E-state index < -0.39 is 24.7 Å². The Balaban J connectivity index is 1.27. The lowest BCUT2D eigenvalue weighted by atomic mass is 9.59. The third-order valence-corrected chi connectivity index (χ3v) is 11.3.